The van der Waals surface area contributed by atoms with Gasteiger partial charge in [0.2, 0.25) is 0 Å². The molecule has 0 unspecified atom stereocenters. The molecular formula is C15H12BrClN2O. The number of halogens is 2. The van der Waals surface area contributed by atoms with Crippen LogP contribution in [0.4, 0.5) is 0 Å². The second kappa shape index (κ2) is 5.46. The van der Waals surface area contributed by atoms with Gasteiger partial charge in [-0.2, -0.15) is 0 Å². The van der Waals surface area contributed by atoms with Crippen molar-refractivity contribution in [2.45, 2.75) is 13.5 Å². The third-order valence-corrected chi connectivity index (χ3v) is 3.85. The zero-order chi connectivity index (χ0) is 14.1. The number of hydrogen-bond acceptors (Lipinski definition) is 2. The summed E-state index contributed by atoms with van der Waals surface area (Å²) in [5.74, 6) is 0.753. The maximum absolute atomic E-state index is 5.90. The molecule has 20 heavy (non-hydrogen) atoms. The van der Waals surface area contributed by atoms with Gasteiger partial charge in [0.15, 0.2) is 0 Å². The summed E-state index contributed by atoms with van der Waals surface area (Å²) in [6.45, 7) is 2.46. The molecule has 1 aromatic carbocycles. The molecule has 0 bridgehead atoms. The highest BCUT2D eigenvalue weighted by Gasteiger charge is 2.06. The Bertz CT molecular complexity index is 770. The van der Waals surface area contributed by atoms with Crippen molar-refractivity contribution in [3.63, 3.8) is 0 Å². The van der Waals surface area contributed by atoms with Crippen molar-refractivity contribution in [1.29, 1.82) is 0 Å². The Morgan fingerprint density at radius 3 is 2.95 bits per heavy atom. The summed E-state index contributed by atoms with van der Waals surface area (Å²) in [5.41, 5.74) is 2.99. The standard InChI is InChI=1S/C15H12BrClN2O/c1-10-3-2-6-19-8-12(18-15(10)19)9-20-14-5-4-11(17)7-13(14)16/h2-8H,9H2,1H3. The van der Waals surface area contributed by atoms with Crippen LogP contribution in [0.2, 0.25) is 5.02 Å². The van der Waals surface area contributed by atoms with Gasteiger partial charge in [-0.05, 0) is 52.7 Å². The summed E-state index contributed by atoms with van der Waals surface area (Å²) in [6, 6.07) is 9.50. The predicted octanol–water partition coefficient (Wildman–Crippen LogP) is 4.64. The second-order valence-corrected chi connectivity index (χ2v) is 5.81. The van der Waals surface area contributed by atoms with E-state index in [1.165, 1.54) is 0 Å². The molecule has 0 atom stereocenters. The van der Waals surface area contributed by atoms with E-state index in [0.29, 0.717) is 11.6 Å². The van der Waals surface area contributed by atoms with Crippen LogP contribution in [0.15, 0.2) is 47.2 Å². The third-order valence-electron chi connectivity index (χ3n) is 3.00. The first kappa shape index (κ1) is 13.5. The van der Waals surface area contributed by atoms with Gasteiger partial charge in [-0.25, -0.2) is 4.98 Å². The topological polar surface area (TPSA) is 26.5 Å². The SMILES string of the molecule is Cc1cccn2cc(COc3ccc(Cl)cc3Br)nc12. The molecule has 102 valence electrons. The summed E-state index contributed by atoms with van der Waals surface area (Å²) >= 11 is 9.34. The van der Waals surface area contributed by atoms with Crippen molar-refractivity contribution in [1.82, 2.24) is 9.38 Å². The van der Waals surface area contributed by atoms with Crippen molar-refractivity contribution in [2.75, 3.05) is 0 Å². The lowest BCUT2D eigenvalue weighted by Crippen LogP contribution is -1.96. The van der Waals surface area contributed by atoms with E-state index in [1.54, 1.807) is 6.07 Å². The fourth-order valence-corrected chi connectivity index (χ4v) is 2.82. The zero-order valence-electron chi connectivity index (χ0n) is 10.8. The van der Waals surface area contributed by atoms with Crippen LogP contribution in [0.1, 0.15) is 11.3 Å². The van der Waals surface area contributed by atoms with E-state index in [0.717, 1.165) is 27.1 Å². The van der Waals surface area contributed by atoms with Crippen molar-refractivity contribution < 1.29 is 4.74 Å². The largest absolute Gasteiger partial charge is 0.486 e. The second-order valence-electron chi connectivity index (χ2n) is 4.52. The Morgan fingerprint density at radius 1 is 1.35 bits per heavy atom. The molecule has 0 aliphatic carbocycles. The summed E-state index contributed by atoms with van der Waals surface area (Å²) < 4.78 is 8.61. The van der Waals surface area contributed by atoms with Crippen LogP contribution in [-0.2, 0) is 6.61 Å². The van der Waals surface area contributed by atoms with Crippen LogP contribution >= 0.6 is 27.5 Å². The van der Waals surface area contributed by atoms with Crippen molar-refractivity contribution in [2.24, 2.45) is 0 Å². The molecule has 0 fully saturated rings. The molecule has 2 heterocycles. The fraction of sp³-hybridized carbons (Fsp3) is 0.133. The van der Waals surface area contributed by atoms with Crippen LogP contribution in [0.5, 0.6) is 5.75 Å². The summed E-state index contributed by atoms with van der Waals surface area (Å²) in [6.07, 6.45) is 3.96. The van der Waals surface area contributed by atoms with Gasteiger partial charge in [-0.1, -0.05) is 17.7 Å². The highest BCUT2D eigenvalue weighted by Crippen LogP contribution is 2.28. The van der Waals surface area contributed by atoms with Gasteiger partial charge in [-0.15, -0.1) is 0 Å². The van der Waals surface area contributed by atoms with Gasteiger partial charge in [0.1, 0.15) is 18.0 Å². The van der Waals surface area contributed by atoms with Crippen molar-refractivity contribution >= 4 is 33.2 Å². The first-order valence-corrected chi connectivity index (χ1v) is 7.31. The molecule has 3 aromatic rings. The average Bonchev–Trinajstić information content (AvgIpc) is 2.82. The number of ether oxygens (including phenoxy) is 1. The van der Waals surface area contributed by atoms with E-state index >= 15 is 0 Å². The molecule has 3 rings (SSSR count). The van der Waals surface area contributed by atoms with Crippen LogP contribution in [0.25, 0.3) is 5.65 Å². The molecule has 0 spiro atoms. The predicted molar refractivity (Wildman–Crippen MR) is 83.4 cm³/mol. The molecule has 0 saturated heterocycles. The van der Waals surface area contributed by atoms with Crippen molar-refractivity contribution in [3.8, 4) is 5.75 Å². The quantitative estimate of drug-likeness (QED) is 0.687. The lowest BCUT2D eigenvalue weighted by atomic mass is 10.3. The van der Waals surface area contributed by atoms with Crippen LogP contribution in [-0.4, -0.2) is 9.38 Å². The molecular weight excluding hydrogens is 340 g/mol. The third kappa shape index (κ3) is 2.67. The first-order valence-electron chi connectivity index (χ1n) is 6.14. The van der Waals surface area contributed by atoms with Gasteiger partial charge < -0.3 is 9.14 Å². The Kier molecular flexibility index (Phi) is 3.68. The molecule has 0 saturated carbocycles. The molecule has 0 N–H and O–H groups in total. The number of aromatic nitrogens is 2. The molecule has 0 amide bonds. The minimum atomic E-state index is 0.418. The molecule has 3 nitrogen and oxygen atoms in total. The Morgan fingerprint density at radius 2 is 2.20 bits per heavy atom. The zero-order valence-corrected chi connectivity index (χ0v) is 13.1. The van der Waals surface area contributed by atoms with E-state index in [9.17, 15) is 0 Å². The monoisotopic (exact) mass is 350 g/mol. The number of fused-ring (bicyclic) bond motifs is 1. The first-order chi connectivity index (χ1) is 9.63. The summed E-state index contributed by atoms with van der Waals surface area (Å²) in [5, 5.41) is 0.674. The Labute approximate surface area is 130 Å². The average molecular weight is 352 g/mol. The molecule has 0 aliphatic rings. The number of nitrogens with zero attached hydrogens (tertiary/aromatic N) is 2. The minimum absolute atomic E-state index is 0.418. The number of aryl methyl sites for hydroxylation is 1. The van der Waals surface area contributed by atoms with Gasteiger partial charge in [0, 0.05) is 17.4 Å². The molecule has 0 radical (unpaired) electrons. The minimum Gasteiger partial charge on any atom is -0.486 e. The number of benzene rings is 1. The molecule has 2 aromatic heterocycles. The highest BCUT2D eigenvalue weighted by atomic mass is 79.9. The Balaban J connectivity index is 1.81. The maximum atomic E-state index is 5.90. The number of imidazole rings is 1. The van der Waals surface area contributed by atoms with E-state index in [-0.39, 0.29) is 0 Å². The highest BCUT2D eigenvalue weighted by molar-refractivity contribution is 9.10. The summed E-state index contributed by atoms with van der Waals surface area (Å²) in [7, 11) is 0. The van der Waals surface area contributed by atoms with E-state index in [1.807, 2.05) is 48.0 Å². The lowest BCUT2D eigenvalue weighted by molar-refractivity contribution is 0.300. The molecule has 0 aliphatic heterocycles. The molecule has 5 heteroatoms. The number of rotatable bonds is 3. The summed E-state index contributed by atoms with van der Waals surface area (Å²) in [4.78, 5) is 4.57. The van der Waals surface area contributed by atoms with Crippen LogP contribution in [0, 0.1) is 6.92 Å². The van der Waals surface area contributed by atoms with Gasteiger partial charge in [-0.3, -0.25) is 0 Å². The normalized spacial score (nSPS) is 10.9. The Hall–Kier alpha value is -1.52. The van der Waals surface area contributed by atoms with E-state index in [4.69, 9.17) is 16.3 Å². The van der Waals surface area contributed by atoms with E-state index < -0.39 is 0 Å². The number of hydrogen-bond donors (Lipinski definition) is 0. The maximum Gasteiger partial charge on any atom is 0.140 e. The van der Waals surface area contributed by atoms with Gasteiger partial charge >= 0.3 is 0 Å². The van der Waals surface area contributed by atoms with Crippen molar-refractivity contribution in [3.05, 3.63) is 63.5 Å². The number of pyridine rings is 1. The fourth-order valence-electron chi connectivity index (χ4n) is 2.02. The lowest BCUT2D eigenvalue weighted by Gasteiger charge is -2.06. The smallest absolute Gasteiger partial charge is 0.140 e. The van der Waals surface area contributed by atoms with Crippen LogP contribution in [0.3, 0.4) is 0 Å². The van der Waals surface area contributed by atoms with E-state index in [2.05, 4.69) is 20.9 Å². The van der Waals surface area contributed by atoms with Gasteiger partial charge in [0.05, 0.1) is 10.2 Å². The van der Waals surface area contributed by atoms with Crippen LogP contribution < -0.4 is 4.74 Å². The van der Waals surface area contributed by atoms with Gasteiger partial charge in [0.25, 0.3) is 0 Å².